The second-order valence-corrected chi connectivity index (χ2v) is 6.79. The van der Waals surface area contributed by atoms with Crippen molar-refractivity contribution in [3.8, 4) is 0 Å². The van der Waals surface area contributed by atoms with Crippen LogP contribution in [0.2, 0.25) is 0 Å². The molecule has 2 N–H and O–H groups in total. The van der Waals surface area contributed by atoms with E-state index in [9.17, 15) is 4.79 Å². The normalized spacial score (nSPS) is 14.1. The summed E-state index contributed by atoms with van der Waals surface area (Å²) in [7, 11) is 0. The SMILES string of the molecule is Cc1ccc(CNC(=O)Nc2ccc(N3CCCC3)nc2)s1. The molecular weight excluding hydrogens is 296 g/mol. The molecule has 6 heteroatoms. The van der Waals surface area contributed by atoms with Crippen LogP contribution < -0.4 is 15.5 Å². The number of hydrogen-bond donors (Lipinski definition) is 2. The van der Waals surface area contributed by atoms with Gasteiger partial charge in [-0.1, -0.05) is 0 Å². The van der Waals surface area contributed by atoms with Crippen molar-refractivity contribution in [1.82, 2.24) is 10.3 Å². The first kappa shape index (κ1) is 14.8. The molecule has 0 bridgehead atoms. The summed E-state index contributed by atoms with van der Waals surface area (Å²) in [5, 5.41) is 5.66. The van der Waals surface area contributed by atoms with Crippen molar-refractivity contribution in [3.05, 3.63) is 40.2 Å². The number of hydrogen-bond acceptors (Lipinski definition) is 4. The predicted octanol–water partition coefficient (Wildman–Crippen LogP) is 3.37. The van der Waals surface area contributed by atoms with Gasteiger partial charge in [-0.3, -0.25) is 0 Å². The second kappa shape index (κ2) is 6.79. The number of urea groups is 1. The standard InChI is InChI=1S/C16H20N4OS/c1-12-4-6-14(22-12)11-18-16(21)19-13-5-7-15(17-10-13)20-8-2-3-9-20/h4-7,10H,2-3,8-9,11H2,1H3,(H2,18,19,21). The topological polar surface area (TPSA) is 57.3 Å². The lowest BCUT2D eigenvalue weighted by Crippen LogP contribution is -2.28. The highest BCUT2D eigenvalue weighted by atomic mass is 32.1. The Morgan fingerprint density at radius 3 is 2.73 bits per heavy atom. The molecule has 0 unspecified atom stereocenters. The average Bonchev–Trinajstić information content (AvgIpc) is 3.17. The van der Waals surface area contributed by atoms with Gasteiger partial charge in [0.15, 0.2) is 0 Å². The van der Waals surface area contributed by atoms with Gasteiger partial charge in [0.2, 0.25) is 0 Å². The summed E-state index contributed by atoms with van der Waals surface area (Å²) in [6, 6.07) is 7.74. The third kappa shape index (κ3) is 3.76. The van der Waals surface area contributed by atoms with Crippen LogP contribution in [0.1, 0.15) is 22.6 Å². The zero-order valence-electron chi connectivity index (χ0n) is 12.6. The molecule has 3 heterocycles. The number of amides is 2. The fraction of sp³-hybridized carbons (Fsp3) is 0.375. The number of nitrogens with zero attached hydrogens (tertiary/aromatic N) is 2. The van der Waals surface area contributed by atoms with E-state index in [4.69, 9.17) is 0 Å². The summed E-state index contributed by atoms with van der Waals surface area (Å²) >= 11 is 1.69. The number of carbonyl (C=O) groups is 1. The van der Waals surface area contributed by atoms with E-state index >= 15 is 0 Å². The molecule has 0 saturated carbocycles. The smallest absolute Gasteiger partial charge is 0.319 e. The number of rotatable bonds is 4. The first-order valence-electron chi connectivity index (χ1n) is 7.52. The number of carbonyl (C=O) groups excluding carboxylic acids is 1. The first-order valence-corrected chi connectivity index (χ1v) is 8.33. The Morgan fingerprint density at radius 2 is 2.09 bits per heavy atom. The third-order valence-corrected chi connectivity index (χ3v) is 4.66. The highest BCUT2D eigenvalue weighted by molar-refractivity contribution is 7.11. The van der Waals surface area contributed by atoms with Crippen molar-refractivity contribution in [1.29, 1.82) is 0 Å². The predicted molar refractivity (Wildman–Crippen MR) is 90.6 cm³/mol. The van der Waals surface area contributed by atoms with Gasteiger partial charge in [-0.15, -0.1) is 11.3 Å². The van der Waals surface area contributed by atoms with E-state index in [-0.39, 0.29) is 6.03 Å². The van der Waals surface area contributed by atoms with E-state index in [1.54, 1.807) is 17.5 Å². The molecule has 2 aromatic rings. The Hall–Kier alpha value is -2.08. The molecule has 5 nitrogen and oxygen atoms in total. The monoisotopic (exact) mass is 316 g/mol. The van der Waals surface area contributed by atoms with E-state index in [1.807, 2.05) is 18.2 Å². The number of nitrogens with one attached hydrogen (secondary N) is 2. The Bertz CT molecular complexity index is 632. The summed E-state index contributed by atoms with van der Waals surface area (Å²) < 4.78 is 0. The highest BCUT2D eigenvalue weighted by Crippen LogP contribution is 2.19. The fourth-order valence-electron chi connectivity index (χ4n) is 2.52. The van der Waals surface area contributed by atoms with E-state index in [2.05, 4.69) is 33.5 Å². The van der Waals surface area contributed by atoms with Crippen LogP contribution in [0, 0.1) is 6.92 Å². The maximum atomic E-state index is 11.9. The summed E-state index contributed by atoms with van der Waals surface area (Å²) in [4.78, 5) is 21.0. The van der Waals surface area contributed by atoms with Gasteiger partial charge < -0.3 is 15.5 Å². The number of anilines is 2. The number of pyridine rings is 1. The molecule has 1 saturated heterocycles. The van der Waals surface area contributed by atoms with Crippen LogP contribution in [-0.2, 0) is 6.54 Å². The van der Waals surface area contributed by atoms with Crippen molar-refractivity contribution < 1.29 is 4.79 Å². The molecular formula is C16H20N4OS. The molecule has 0 atom stereocenters. The van der Waals surface area contributed by atoms with E-state index in [1.165, 1.54) is 17.7 Å². The molecule has 1 fully saturated rings. The molecule has 0 radical (unpaired) electrons. The second-order valence-electron chi connectivity index (χ2n) is 5.42. The van der Waals surface area contributed by atoms with Gasteiger partial charge in [0.05, 0.1) is 18.4 Å². The largest absolute Gasteiger partial charge is 0.357 e. The van der Waals surface area contributed by atoms with Crippen LogP contribution in [0.3, 0.4) is 0 Å². The lowest BCUT2D eigenvalue weighted by molar-refractivity contribution is 0.252. The van der Waals surface area contributed by atoms with E-state index in [0.29, 0.717) is 12.2 Å². The van der Waals surface area contributed by atoms with Gasteiger partial charge in [0.25, 0.3) is 0 Å². The van der Waals surface area contributed by atoms with E-state index in [0.717, 1.165) is 23.8 Å². The molecule has 22 heavy (non-hydrogen) atoms. The quantitative estimate of drug-likeness (QED) is 0.909. The Morgan fingerprint density at radius 1 is 1.27 bits per heavy atom. The van der Waals surface area contributed by atoms with Gasteiger partial charge in [-0.05, 0) is 44.0 Å². The number of aryl methyl sites for hydroxylation is 1. The zero-order chi connectivity index (χ0) is 15.4. The van der Waals surface area contributed by atoms with Crippen molar-refractivity contribution in [2.75, 3.05) is 23.3 Å². The zero-order valence-corrected chi connectivity index (χ0v) is 13.4. The summed E-state index contributed by atoms with van der Waals surface area (Å²) in [6.45, 7) is 4.74. The van der Waals surface area contributed by atoms with Crippen LogP contribution in [0.15, 0.2) is 30.5 Å². The van der Waals surface area contributed by atoms with Gasteiger partial charge in [0, 0.05) is 22.8 Å². The molecule has 2 amide bonds. The lowest BCUT2D eigenvalue weighted by Gasteiger charge is -2.16. The van der Waals surface area contributed by atoms with Crippen molar-refractivity contribution in [2.45, 2.75) is 26.3 Å². The highest BCUT2D eigenvalue weighted by Gasteiger charge is 2.13. The van der Waals surface area contributed by atoms with Crippen LogP contribution >= 0.6 is 11.3 Å². The van der Waals surface area contributed by atoms with Crippen molar-refractivity contribution in [3.63, 3.8) is 0 Å². The van der Waals surface area contributed by atoms with E-state index < -0.39 is 0 Å². The Labute approximate surface area is 134 Å². The number of thiophene rings is 1. The van der Waals surface area contributed by atoms with Gasteiger partial charge >= 0.3 is 6.03 Å². The minimum atomic E-state index is -0.207. The molecule has 3 rings (SSSR count). The van der Waals surface area contributed by atoms with Crippen molar-refractivity contribution >= 4 is 28.9 Å². The molecule has 1 aliphatic heterocycles. The van der Waals surface area contributed by atoms with Crippen molar-refractivity contribution in [2.24, 2.45) is 0 Å². The van der Waals surface area contributed by atoms with Gasteiger partial charge in [-0.2, -0.15) is 0 Å². The number of aromatic nitrogens is 1. The minimum absolute atomic E-state index is 0.207. The van der Waals surface area contributed by atoms with Crippen LogP contribution in [0.25, 0.3) is 0 Å². The van der Waals surface area contributed by atoms with Gasteiger partial charge in [-0.25, -0.2) is 9.78 Å². The summed E-state index contributed by atoms with van der Waals surface area (Å²) in [5.74, 6) is 0.984. The molecule has 0 aromatic carbocycles. The van der Waals surface area contributed by atoms with Crippen LogP contribution in [0.4, 0.5) is 16.3 Å². The maximum Gasteiger partial charge on any atom is 0.319 e. The molecule has 1 aliphatic rings. The van der Waals surface area contributed by atoms with Gasteiger partial charge in [0.1, 0.15) is 5.82 Å². The molecule has 2 aromatic heterocycles. The molecule has 0 spiro atoms. The fourth-order valence-corrected chi connectivity index (χ4v) is 3.35. The van der Waals surface area contributed by atoms with Crippen LogP contribution in [0.5, 0.6) is 0 Å². The average molecular weight is 316 g/mol. The molecule has 0 aliphatic carbocycles. The summed E-state index contributed by atoms with van der Waals surface area (Å²) in [5.41, 5.74) is 0.711. The first-order chi connectivity index (χ1) is 10.7. The lowest BCUT2D eigenvalue weighted by atomic mass is 10.4. The Kier molecular flexibility index (Phi) is 4.58. The third-order valence-electron chi connectivity index (χ3n) is 3.65. The summed E-state index contributed by atoms with van der Waals surface area (Å²) in [6.07, 6.45) is 4.17. The van der Waals surface area contributed by atoms with Crippen LogP contribution in [-0.4, -0.2) is 24.1 Å². The maximum absolute atomic E-state index is 11.9. The minimum Gasteiger partial charge on any atom is -0.357 e. The Balaban J connectivity index is 1.50. The molecule has 116 valence electrons.